The molecule has 0 aliphatic heterocycles. The van der Waals surface area contributed by atoms with Crippen LogP contribution in [0.25, 0.3) is 10.9 Å². The largest absolute Gasteiger partial charge is 0.488 e. The van der Waals surface area contributed by atoms with Crippen molar-refractivity contribution in [2.45, 2.75) is 85.0 Å². The first-order chi connectivity index (χ1) is 25.0. The van der Waals surface area contributed by atoms with Gasteiger partial charge in [0.1, 0.15) is 17.4 Å². The molecule has 278 valence electrons. The van der Waals surface area contributed by atoms with Crippen LogP contribution in [0.4, 0.5) is 4.79 Å². The Bertz CT molecular complexity index is 1720. The lowest BCUT2D eigenvalue weighted by Crippen LogP contribution is -2.55. The fraction of sp³-hybridized carbons (Fsp3) is 0.410. The van der Waals surface area contributed by atoms with Crippen LogP contribution in [0.2, 0.25) is 0 Å². The van der Waals surface area contributed by atoms with Gasteiger partial charge in [-0.05, 0) is 88.6 Å². The number of fused-ring (bicyclic) bond motifs is 1. The van der Waals surface area contributed by atoms with E-state index >= 15 is 0 Å². The molecular formula is C39H50N6O7. The summed E-state index contributed by atoms with van der Waals surface area (Å²) in [5, 5.41) is 6.42. The van der Waals surface area contributed by atoms with Gasteiger partial charge in [-0.15, -0.1) is 0 Å². The smallest absolute Gasteiger partial charge is 0.338 e. The Hall–Kier alpha value is -5.11. The molecule has 13 nitrogen and oxygen atoms in total. The van der Waals surface area contributed by atoms with E-state index in [-0.39, 0.29) is 31.0 Å². The Morgan fingerprint density at radius 1 is 0.865 bits per heavy atom. The van der Waals surface area contributed by atoms with Crippen LogP contribution in [0.1, 0.15) is 58.2 Å². The molecule has 13 heteroatoms. The summed E-state index contributed by atoms with van der Waals surface area (Å²) in [4.78, 5) is 55.8. The minimum atomic E-state index is -1.03. The van der Waals surface area contributed by atoms with E-state index in [1.54, 1.807) is 35.6 Å². The van der Waals surface area contributed by atoms with Gasteiger partial charge in [-0.1, -0.05) is 36.4 Å². The van der Waals surface area contributed by atoms with Crippen LogP contribution in [-0.2, 0) is 43.4 Å². The van der Waals surface area contributed by atoms with Gasteiger partial charge in [0, 0.05) is 56.7 Å². The zero-order chi connectivity index (χ0) is 37.5. The Morgan fingerprint density at radius 3 is 2.23 bits per heavy atom. The van der Waals surface area contributed by atoms with Gasteiger partial charge in [0.25, 0.3) is 0 Å². The Balaban J connectivity index is 1.57. The minimum absolute atomic E-state index is 0.158. The average molecular weight is 715 g/mol. The monoisotopic (exact) mass is 714 g/mol. The van der Waals surface area contributed by atoms with Crippen LogP contribution in [0, 0.1) is 0 Å². The Labute approximate surface area is 305 Å². The molecule has 0 aliphatic carbocycles. The van der Waals surface area contributed by atoms with Crippen molar-refractivity contribution in [3.8, 4) is 5.75 Å². The predicted octanol–water partition coefficient (Wildman–Crippen LogP) is 5.08. The minimum Gasteiger partial charge on any atom is -0.488 e. The zero-order valence-corrected chi connectivity index (χ0v) is 30.8. The summed E-state index contributed by atoms with van der Waals surface area (Å²) in [6.07, 6.45) is 4.39. The molecule has 4 amide bonds. The van der Waals surface area contributed by atoms with Crippen molar-refractivity contribution in [2.24, 2.45) is 0 Å². The highest BCUT2D eigenvalue weighted by Crippen LogP contribution is 2.23. The maximum Gasteiger partial charge on any atom is 0.338 e. The van der Waals surface area contributed by atoms with E-state index in [0.717, 1.165) is 27.6 Å². The van der Waals surface area contributed by atoms with Crippen LogP contribution in [-0.4, -0.2) is 76.5 Å². The normalized spacial score (nSPS) is 12.6. The molecule has 0 radical (unpaired) electrons. The fourth-order valence-electron chi connectivity index (χ4n) is 5.51. The zero-order valence-electron chi connectivity index (χ0n) is 30.8. The lowest BCUT2D eigenvalue weighted by atomic mass is 10.0. The van der Waals surface area contributed by atoms with E-state index < -0.39 is 36.9 Å². The number of benzene rings is 2. The number of rotatable bonds is 18. The molecule has 0 bridgehead atoms. The summed E-state index contributed by atoms with van der Waals surface area (Å²) >= 11 is 0. The number of hydrogen-bond acceptors (Lipinski definition) is 9. The number of nitrogens with zero attached hydrogens (tertiary/aromatic N) is 3. The first-order valence-corrected chi connectivity index (χ1v) is 17.5. The van der Waals surface area contributed by atoms with Gasteiger partial charge in [0.2, 0.25) is 11.8 Å². The number of amides is 4. The van der Waals surface area contributed by atoms with Crippen LogP contribution < -0.4 is 20.9 Å². The summed E-state index contributed by atoms with van der Waals surface area (Å²) in [6.45, 7) is 12.1. The maximum absolute atomic E-state index is 14.8. The van der Waals surface area contributed by atoms with Crippen molar-refractivity contribution < 1.29 is 33.4 Å². The summed E-state index contributed by atoms with van der Waals surface area (Å²) in [6, 6.07) is 18.4. The van der Waals surface area contributed by atoms with Crippen molar-refractivity contribution in [1.29, 1.82) is 0 Å². The highest BCUT2D eigenvalue weighted by Gasteiger charge is 2.34. The van der Waals surface area contributed by atoms with Crippen LogP contribution in [0.3, 0.4) is 0 Å². The lowest BCUT2D eigenvalue weighted by molar-refractivity contribution is -0.179. The van der Waals surface area contributed by atoms with Crippen LogP contribution in [0.15, 0.2) is 85.3 Å². The highest BCUT2D eigenvalue weighted by molar-refractivity contribution is 5.89. The molecule has 4 rings (SSSR count). The van der Waals surface area contributed by atoms with Crippen molar-refractivity contribution >= 4 is 28.7 Å². The number of hydroxylamine groups is 1. The molecule has 3 N–H and O–H groups in total. The van der Waals surface area contributed by atoms with Gasteiger partial charge in [-0.2, -0.15) is 0 Å². The van der Waals surface area contributed by atoms with E-state index in [2.05, 4.69) is 26.1 Å². The fourth-order valence-corrected chi connectivity index (χ4v) is 5.51. The van der Waals surface area contributed by atoms with Crippen molar-refractivity contribution in [3.05, 3.63) is 102 Å². The number of carbonyl (C=O) groups excluding carboxylic acids is 3. The SMILES string of the molecule is CCOC(OCC)C(C)N(Cc1cccc2cccnc12)C(=O)C(Cc1ccc(OC(C)(C)C)cc1)NC(=O)CONC(=O)NCc1ccncc1. The Morgan fingerprint density at radius 2 is 1.56 bits per heavy atom. The maximum atomic E-state index is 14.8. The second-order valence-electron chi connectivity index (χ2n) is 13.1. The molecule has 2 aromatic heterocycles. The van der Waals surface area contributed by atoms with Gasteiger partial charge in [-0.25, -0.2) is 10.3 Å². The molecule has 52 heavy (non-hydrogen) atoms. The molecular weight excluding hydrogens is 664 g/mol. The third-order valence-electron chi connectivity index (χ3n) is 7.88. The van der Waals surface area contributed by atoms with Gasteiger partial charge in [0.05, 0.1) is 11.6 Å². The molecule has 0 saturated carbocycles. The molecule has 0 aliphatic rings. The summed E-state index contributed by atoms with van der Waals surface area (Å²) in [7, 11) is 0. The van der Waals surface area contributed by atoms with Crippen LogP contribution >= 0.6 is 0 Å². The molecule has 2 heterocycles. The second kappa shape index (κ2) is 19.5. The lowest BCUT2D eigenvalue weighted by Gasteiger charge is -2.36. The van der Waals surface area contributed by atoms with Gasteiger partial charge >= 0.3 is 6.03 Å². The number of urea groups is 1. The molecule has 0 saturated heterocycles. The summed E-state index contributed by atoms with van der Waals surface area (Å²) in [5.74, 6) is -0.290. The van der Waals surface area contributed by atoms with E-state index in [9.17, 15) is 14.4 Å². The van der Waals surface area contributed by atoms with Gasteiger partial charge in [0.15, 0.2) is 12.9 Å². The summed E-state index contributed by atoms with van der Waals surface area (Å²) < 4.78 is 17.9. The molecule has 4 aromatic rings. The molecule has 2 aromatic carbocycles. The van der Waals surface area contributed by atoms with Crippen molar-refractivity contribution in [1.82, 2.24) is 31.0 Å². The summed E-state index contributed by atoms with van der Waals surface area (Å²) in [5.41, 5.74) is 5.05. The highest BCUT2D eigenvalue weighted by atomic mass is 16.7. The van der Waals surface area contributed by atoms with Gasteiger partial charge < -0.3 is 29.7 Å². The van der Waals surface area contributed by atoms with Crippen molar-refractivity contribution in [3.63, 3.8) is 0 Å². The third kappa shape index (κ3) is 12.3. The standard InChI is InChI=1S/C39H50N6O7/c1-7-49-37(50-8-2)27(3)45(25-31-12-9-11-30-13-10-20-41-35(30)31)36(47)33(23-28-14-16-32(17-15-28)52-39(4,5)6)43-34(46)26-51-44-38(48)42-24-29-18-21-40-22-19-29/h9-22,27,33,37H,7-8,23-26H2,1-6H3,(H,43,46)(H2,42,44,48). The quantitative estimate of drug-likeness (QED) is 0.0946. The molecule has 0 spiro atoms. The van der Waals surface area contributed by atoms with E-state index in [1.807, 2.05) is 96.1 Å². The van der Waals surface area contributed by atoms with E-state index in [4.69, 9.17) is 19.0 Å². The predicted molar refractivity (Wildman–Crippen MR) is 197 cm³/mol. The Kier molecular flexibility index (Phi) is 14.9. The first kappa shape index (κ1) is 39.7. The topological polar surface area (TPSA) is 153 Å². The van der Waals surface area contributed by atoms with Crippen molar-refractivity contribution in [2.75, 3.05) is 19.8 Å². The molecule has 2 atom stereocenters. The van der Waals surface area contributed by atoms with E-state index in [0.29, 0.717) is 19.0 Å². The number of para-hydroxylation sites is 1. The number of aromatic nitrogens is 2. The molecule has 2 unspecified atom stereocenters. The average Bonchev–Trinajstić information content (AvgIpc) is 3.12. The second-order valence-corrected chi connectivity index (χ2v) is 13.1. The third-order valence-corrected chi connectivity index (χ3v) is 7.88. The van der Waals surface area contributed by atoms with Gasteiger partial charge in [-0.3, -0.25) is 24.4 Å². The molecule has 0 fully saturated rings. The number of pyridine rings is 2. The first-order valence-electron chi connectivity index (χ1n) is 17.5. The number of nitrogens with one attached hydrogen (secondary N) is 3. The van der Waals surface area contributed by atoms with Crippen LogP contribution in [0.5, 0.6) is 5.75 Å². The number of hydrogen-bond donors (Lipinski definition) is 3. The number of ether oxygens (including phenoxy) is 3. The number of carbonyl (C=O) groups is 3. The van der Waals surface area contributed by atoms with E-state index in [1.165, 1.54) is 0 Å².